The molecule has 29 heavy (non-hydrogen) atoms. The van der Waals surface area contributed by atoms with E-state index < -0.39 is 0 Å². The fourth-order valence-electron chi connectivity index (χ4n) is 3.72. The number of para-hydroxylation sites is 2. The first kappa shape index (κ1) is 18.9. The molecule has 0 aliphatic carbocycles. The van der Waals surface area contributed by atoms with E-state index in [1.54, 1.807) is 26.4 Å². The topological polar surface area (TPSA) is 58.6 Å². The van der Waals surface area contributed by atoms with Crippen molar-refractivity contribution in [3.8, 4) is 17.0 Å². The van der Waals surface area contributed by atoms with E-state index in [2.05, 4.69) is 20.9 Å². The van der Waals surface area contributed by atoms with Gasteiger partial charge in [-0.3, -0.25) is 9.78 Å². The zero-order chi connectivity index (χ0) is 20.2. The first-order valence-electron chi connectivity index (χ1n) is 9.72. The van der Waals surface area contributed by atoms with Crippen molar-refractivity contribution in [3.05, 3.63) is 66.5 Å². The second-order valence-corrected chi connectivity index (χ2v) is 7.01. The number of methoxy groups -OCH3 is 1. The summed E-state index contributed by atoms with van der Waals surface area (Å²) in [5.74, 6) is 1.75. The number of anilines is 2. The number of piperazine rings is 1. The second kappa shape index (κ2) is 8.31. The molecule has 6 nitrogen and oxygen atoms in total. The molecular weight excluding hydrogens is 364 g/mol. The number of hydrogen-bond donors (Lipinski definition) is 0. The number of rotatable bonds is 5. The van der Waals surface area contributed by atoms with Gasteiger partial charge in [0.25, 0.3) is 0 Å². The summed E-state index contributed by atoms with van der Waals surface area (Å²) in [4.78, 5) is 25.7. The summed E-state index contributed by atoms with van der Waals surface area (Å²) in [7, 11) is 1.70. The van der Waals surface area contributed by atoms with Crippen LogP contribution in [-0.2, 0) is 0 Å². The van der Waals surface area contributed by atoms with Crippen LogP contribution in [0.1, 0.15) is 17.3 Å². The minimum atomic E-state index is 0.0261. The lowest BCUT2D eigenvalue weighted by molar-refractivity contribution is 0.101. The Kier molecular flexibility index (Phi) is 5.42. The molecule has 2 heterocycles. The molecule has 3 aromatic rings. The van der Waals surface area contributed by atoms with E-state index in [-0.39, 0.29) is 5.78 Å². The molecule has 2 aromatic carbocycles. The lowest BCUT2D eigenvalue weighted by atomic mass is 10.0. The van der Waals surface area contributed by atoms with Gasteiger partial charge in [-0.1, -0.05) is 36.4 Å². The lowest BCUT2D eigenvalue weighted by Gasteiger charge is -2.37. The molecule has 4 rings (SSSR count). The van der Waals surface area contributed by atoms with E-state index in [1.165, 1.54) is 0 Å². The van der Waals surface area contributed by atoms with Crippen LogP contribution in [-0.4, -0.2) is 49.0 Å². The smallest absolute Gasteiger partial charge is 0.160 e. The minimum absolute atomic E-state index is 0.0261. The van der Waals surface area contributed by atoms with Crippen molar-refractivity contribution in [1.82, 2.24) is 9.97 Å². The Morgan fingerprint density at radius 3 is 2.38 bits per heavy atom. The monoisotopic (exact) mass is 388 g/mol. The maximum atomic E-state index is 12.0. The van der Waals surface area contributed by atoms with Gasteiger partial charge in [-0.2, -0.15) is 0 Å². The van der Waals surface area contributed by atoms with Gasteiger partial charge in [0.05, 0.1) is 30.9 Å². The number of aromatic nitrogens is 2. The maximum Gasteiger partial charge on any atom is 0.160 e. The van der Waals surface area contributed by atoms with Crippen LogP contribution in [0, 0.1) is 0 Å². The molecule has 0 spiro atoms. The molecule has 0 amide bonds. The SMILES string of the molecule is COc1ccccc1N1CCN(c2cncc(-c3ccccc3C(C)=O)n2)CC1. The fraction of sp³-hybridized carbons (Fsp3) is 0.261. The molecule has 0 radical (unpaired) electrons. The molecule has 1 saturated heterocycles. The predicted molar refractivity (Wildman–Crippen MR) is 115 cm³/mol. The number of nitrogens with zero attached hydrogens (tertiary/aromatic N) is 4. The molecular formula is C23H24N4O2. The van der Waals surface area contributed by atoms with Crippen molar-refractivity contribution in [3.63, 3.8) is 0 Å². The van der Waals surface area contributed by atoms with Crippen molar-refractivity contribution in [1.29, 1.82) is 0 Å². The molecule has 1 aromatic heterocycles. The van der Waals surface area contributed by atoms with Crippen molar-refractivity contribution < 1.29 is 9.53 Å². The summed E-state index contributed by atoms with van der Waals surface area (Å²) in [6.45, 7) is 4.99. The fourth-order valence-corrected chi connectivity index (χ4v) is 3.72. The van der Waals surface area contributed by atoms with Crippen LogP contribution < -0.4 is 14.5 Å². The molecule has 0 saturated carbocycles. The first-order valence-corrected chi connectivity index (χ1v) is 9.72. The van der Waals surface area contributed by atoms with Crippen LogP contribution in [0.4, 0.5) is 11.5 Å². The van der Waals surface area contributed by atoms with E-state index in [4.69, 9.17) is 9.72 Å². The Morgan fingerprint density at radius 1 is 0.931 bits per heavy atom. The Bertz CT molecular complexity index is 1010. The van der Waals surface area contributed by atoms with Gasteiger partial charge < -0.3 is 14.5 Å². The van der Waals surface area contributed by atoms with E-state index >= 15 is 0 Å². The third-order valence-corrected chi connectivity index (χ3v) is 5.23. The summed E-state index contributed by atoms with van der Waals surface area (Å²) in [6, 6.07) is 15.6. The molecule has 6 heteroatoms. The molecule has 0 atom stereocenters. The van der Waals surface area contributed by atoms with Crippen LogP contribution in [0.5, 0.6) is 5.75 Å². The van der Waals surface area contributed by atoms with Crippen LogP contribution in [0.3, 0.4) is 0 Å². The van der Waals surface area contributed by atoms with Crippen LogP contribution in [0.25, 0.3) is 11.3 Å². The van der Waals surface area contributed by atoms with Crippen LogP contribution in [0.15, 0.2) is 60.9 Å². The summed E-state index contributed by atoms with van der Waals surface area (Å²) in [5.41, 5.74) is 3.33. The van der Waals surface area contributed by atoms with Crippen LogP contribution >= 0.6 is 0 Å². The van der Waals surface area contributed by atoms with Crippen LogP contribution in [0.2, 0.25) is 0 Å². The Hall–Kier alpha value is -3.41. The minimum Gasteiger partial charge on any atom is -0.495 e. The molecule has 1 fully saturated rings. The third-order valence-electron chi connectivity index (χ3n) is 5.23. The van der Waals surface area contributed by atoms with Gasteiger partial charge in [-0.15, -0.1) is 0 Å². The quantitative estimate of drug-likeness (QED) is 0.622. The number of carbonyl (C=O) groups excluding carboxylic acids is 1. The van der Waals surface area contributed by atoms with Gasteiger partial charge in [-0.25, -0.2) is 4.98 Å². The van der Waals surface area contributed by atoms with Gasteiger partial charge in [0, 0.05) is 37.3 Å². The summed E-state index contributed by atoms with van der Waals surface area (Å²) < 4.78 is 5.50. The molecule has 0 bridgehead atoms. The Morgan fingerprint density at radius 2 is 1.62 bits per heavy atom. The van der Waals surface area contributed by atoms with Gasteiger partial charge in [-0.05, 0) is 19.1 Å². The van der Waals surface area contributed by atoms with Gasteiger partial charge in [0.15, 0.2) is 5.78 Å². The van der Waals surface area contributed by atoms with E-state index in [0.717, 1.165) is 54.7 Å². The molecule has 0 N–H and O–H groups in total. The highest BCUT2D eigenvalue weighted by Gasteiger charge is 2.21. The zero-order valence-corrected chi connectivity index (χ0v) is 16.7. The predicted octanol–water partition coefficient (Wildman–Crippen LogP) is 3.68. The number of Topliss-reactive ketones (excluding diaryl/α,β-unsaturated/α-hetero) is 1. The highest BCUT2D eigenvalue weighted by atomic mass is 16.5. The second-order valence-electron chi connectivity index (χ2n) is 7.01. The van der Waals surface area contributed by atoms with Crippen molar-refractivity contribution in [2.45, 2.75) is 6.92 Å². The number of hydrogen-bond acceptors (Lipinski definition) is 6. The van der Waals surface area contributed by atoms with Gasteiger partial charge in [0.1, 0.15) is 11.6 Å². The molecule has 1 aliphatic rings. The van der Waals surface area contributed by atoms with Gasteiger partial charge in [0.2, 0.25) is 0 Å². The highest BCUT2D eigenvalue weighted by Crippen LogP contribution is 2.29. The van der Waals surface area contributed by atoms with E-state index in [9.17, 15) is 4.79 Å². The number of ether oxygens (including phenoxy) is 1. The third kappa shape index (κ3) is 3.92. The van der Waals surface area contributed by atoms with E-state index in [1.807, 2.05) is 42.5 Å². The average molecular weight is 388 g/mol. The average Bonchev–Trinajstić information content (AvgIpc) is 2.79. The lowest BCUT2D eigenvalue weighted by Crippen LogP contribution is -2.47. The number of carbonyl (C=O) groups is 1. The Balaban J connectivity index is 1.53. The highest BCUT2D eigenvalue weighted by molar-refractivity contribution is 6.00. The van der Waals surface area contributed by atoms with Gasteiger partial charge >= 0.3 is 0 Å². The van der Waals surface area contributed by atoms with Crippen molar-refractivity contribution in [2.24, 2.45) is 0 Å². The normalized spacial score (nSPS) is 14.0. The molecule has 0 unspecified atom stereocenters. The van der Waals surface area contributed by atoms with E-state index in [0.29, 0.717) is 5.56 Å². The number of ketones is 1. The summed E-state index contributed by atoms with van der Waals surface area (Å²) >= 11 is 0. The number of benzene rings is 2. The summed E-state index contributed by atoms with van der Waals surface area (Å²) in [6.07, 6.45) is 3.51. The summed E-state index contributed by atoms with van der Waals surface area (Å²) in [5, 5.41) is 0. The first-order chi connectivity index (χ1) is 14.2. The van der Waals surface area contributed by atoms with Crippen molar-refractivity contribution >= 4 is 17.3 Å². The largest absolute Gasteiger partial charge is 0.495 e. The molecule has 1 aliphatic heterocycles. The standard InChI is InChI=1S/C23H24N4O2/c1-17(28)18-7-3-4-8-19(18)20-15-24-16-23(25-20)27-13-11-26(12-14-27)21-9-5-6-10-22(21)29-2/h3-10,15-16H,11-14H2,1-2H3. The molecule has 148 valence electrons. The Labute approximate surface area is 170 Å². The van der Waals surface area contributed by atoms with Crippen molar-refractivity contribution in [2.75, 3.05) is 43.1 Å². The zero-order valence-electron chi connectivity index (χ0n) is 16.7. The maximum absolute atomic E-state index is 12.0.